The SMILES string of the molecule is CN=C(NC)NC1CCN(c2cccs2)CC1.I. The molecule has 2 heterocycles. The van der Waals surface area contributed by atoms with Crippen LogP contribution in [0.15, 0.2) is 22.5 Å². The van der Waals surface area contributed by atoms with Crippen LogP contribution in [0.2, 0.25) is 0 Å². The van der Waals surface area contributed by atoms with Crippen molar-refractivity contribution in [2.45, 2.75) is 18.9 Å². The lowest BCUT2D eigenvalue weighted by Gasteiger charge is -2.33. The molecule has 1 fully saturated rings. The quantitative estimate of drug-likeness (QED) is 0.469. The molecule has 102 valence electrons. The second-order valence-corrected chi connectivity index (χ2v) is 5.11. The topological polar surface area (TPSA) is 39.7 Å². The van der Waals surface area contributed by atoms with E-state index in [0.717, 1.165) is 19.0 Å². The van der Waals surface area contributed by atoms with Crippen LogP contribution in [0.25, 0.3) is 0 Å². The zero-order valence-electron chi connectivity index (χ0n) is 10.8. The van der Waals surface area contributed by atoms with E-state index in [2.05, 4.69) is 38.0 Å². The van der Waals surface area contributed by atoms with Crippen molar-refractivity contribution >= 4 is 46.3 Å². The highest BCUT2D eigenvalue weighted by molar-refractivity contribution is 14.0. The molecule has 0 atom stereocenters. The lowest BCUT2D eigenvalue weighted by Crippen LogP contribution is -2.47. The highest BCUT2D eigenvalue weighted by Gasteiger charge is 2.20. The molecule has 0 aromatic carbocycles. The summed E-state index contributed by atoms with van der Waals surface area (Å²) in [5, 5.41) is 10.0. The first kappa shape index (κ1) is 15.6. The average Bonchev–Trinajstić information content (AvgIpc) is 2.90. The fourth-order valence-electron chi connectivity index (χ4n) is 2.14. The Bertz CT molecular complexity index is 358. The number of thiophene rings is 1. The molecular formula is C12H21IN4S. The normalized spacial score (nSPS) is 17.2. The van der Waals surface area contributed by atoms with Crippen molar-refractivity contribution in [1.29, 1.82) is 0 Å². The Kier molecular flexibility index (Phi) is 6.77. The van der Waals surface area contributed by atoms with Gasteiger partial charge in [0.15, 0.2) is 5.96 Å². The van der Waals surface area contributed by atoms with Crippen LogP contribution >= 0.6 is 35.3 Å². The molecule has 1 aliphatic heterocycles. The molecule has 1 aromatic rings. The molecule has 2 rings (SSSR count). The van der Waals surface area contributed by atoms with Crippen LogP contribution in [0.5, 0.6) is 0 Å². The van der Waals surface area contributed by atoms with E-state index in [1.165, 1.54) is 17.8 Å². The van der Waals surface area contributed by atoms with Gasteiger partial charge in [-0.2, -0.15) is 0 Å². The summed E-state index contributed by atoms with van der Waals surface area (Å²) < 4.78 is 0. The number of hydrogen-bond donors (Lipinski definition) is 2. The van der Waals surface area contributed by atoms with E-state index < -0.39 is 0 Å². The molecular weight excluding hydrogens is 359 g/mol. The largest absolute Gasteiger partial charge is 0.363 e. The van der Waals surface area contributed by atoms with Crippen molar-refractivity contribution in [3.05, 3.63) is 17.5 Å². The van der Waals surface area contributed by atoms with Crippen molar-refractivity contribution in [3.8, 4) is 0 Å². The number of nitrogens with one attached hydrogen (secondary N) is 2. The van der Waals surface area contributed by atoms with Gasteiger partial charge in [-0.1, -0.05) is 0 Å². The van der Waals surface area contributed by atoms with Gasteiger partial charge in [-0.05, 0) is 30.4 Å². The van der Waals surface area contributed by atoms with Crippen molar-refractivity contribution in [1.82, 2.24) is 10.6 Å². The van der Waals surface area contributed by atoms with E-state index in [4.69, 9.17) is 0 Å². The van der Waals surface area contributed by atoms with Crippen molar-refractivity contribution < 1.29 is 0 Å². The molecule has 1 saturated heterocycles. The fraction of sp³-hybridized carbons (Fsp3) is 0.583. The summed E-state index contributed by atoms with van der Waals surface area (Å²) in [4.78, 5) is 6.62. The molecule has 4 nitrogen and oxygen atoms in total. The van der Waals surface area contributed by atoms with Crippen LogP contribution in [0, 0.1) is 0 Å². The number of anilines is 1. The van der Waals surface area contributed by atoms with Crippen LogP contribution in [-0.4, -0.2) is 39.2 Å². The summed E-state index contributed by atoms with van der Waals surface area (Å²) in [6.07, 6.45) is 2.33. The number of piperidine rings is 1. The van der Waals surface area contributed by atoms with E-state index in [0.29, 0.717) is 6.04 Å². The molecule has 0 unspecified atom stereocenters. The Labute approximate surface area is 130 Å². The molecule has 0 saturated carbocycles. The van der Waals surface area contributed by atoms with E-state index in [9.17, 15) is 0 Å². The van der Waals surface area contributed by atoms with Crippen molar-refractivity contribution in [3.63, 3.8) is 0 Å². The molecule has 6 heteroatoms. The summed E-state index contributed by atoms with van der Waals surface area (Å²) in [6.45, 7) is 2.25. The first-order chi connectivity index (χ1) is 8.33. The standard InChI is InChI=1S/C12H20N4S.HI/c1-13-12(14-2)15-10-5-7-16(8-6-10)11-4-3-9-17-11;/h3-4,9-10H,5-8H2,1-2H3,(H2,13,14,15);1H. The van der Waals surface area contributed by atoms with Gasteiger partial charge in [0, 0.05) is 33.2 Å². The Balaban J connectivity index is 0.00000162. The first-order valence-electron chi connectivity index (χ1n) is 6.03. The summed E-state index contributed by atoms with van der Waals surface area (Å²) in [5.41, 5.74) is 0. The van der Waals surface area contributed by atoms with E-state index in [-0.39, 0.29) is 24.0 Å². The Morgan fingerprint density at radius 1 is 1.44 bits per heavy atom. The number of halogens is 1. The maximum Gasteiger partial charge on any atom is 0.190 e. The molecule has 0 radical (unpaired) electrons. The summed E-state index contributed by atoms with van der Waals surface area (Å²) in [5.74, 6) is 0.888. The fourth-order valence-corrected chi connectivity index (χ4v) is 2.92. The maximum atomic E-state index is 4.15. The Hall–Kier alpha value is -0.500. The van der Waals surface area contributed by atoms with Gasteiger partial charge in [0.25, 0.3) is 0 Å². The Morgan fingerprint density at radius 2 is 2.17 bits per heavy atom. The molecule has 0 aliphatic carbocycles. The monoisotopic (exact) mass is 380 g/mol. The number of nitrogens with zero attached hydrogens (tertiary/aromatic N) is 2. The minimum atomic E-state index is 0. The number of hydrogen-bond acceptors (Lipinski definition) is 3. The second-order valence-electron chi connectivity index (χ2n) is 4.18. The van der Waals surface area contributed by atoms with Gasteiger partial charge in [-0.25, -0.2) is 0 Å². The third-order valence-corrected chi connectivity index (χ3v) is 4.04. The number of rotatable bonds is 2. The predicted molar refractivity (Wildman–Crippen MR) is 90.5 cm³/mol. The van der Waals surface area contributed by atoms with Gasteiger partial charge in [-0.15, -0.1) is 35.3 Å². The highest BCUT2D eigenvalue weighted by atomic mass is 127. The minimum Gasteiger partial charge on any atom is -0.363 e. The van der Waals surface area contributed by atoms with Crippen molar-refractivity contribution in [2.24, 2.45) is 4.99 Å². The van der Waals surface area contributed by atoms with Crippen LogP contribution < -0.4 is 15.5 Å². The maximum absolute atomic E-state index is 4.15. The van der Waals surface area contributed by atoms with Crippen molar-refractivity contribution in [2.75, 3.05) is 32.1 Å². The van der Waals surface area contributed by atoms with Gasteiger partial charge in [0.1, 0.15) is 0 Å². The molecule has 0 spiro atoms. The third kappa shape index (κ3) is 4.01. The van der Waals surface area contributed by atoms with E-state index >= 15 is 0 Å². The molecule has 2 N–H and O–H groups in total. The van der Waals surface area contributed by atoms with Gasteiger partial charge in [0.2, 0.25) is 0 Å². The average molecular weight is 380 g/mol. The number of guanidine groups is 1. The van der Waals surface area contributed by atoms with Gasteiger partial charge in [0.05, 0.1) is 5.00 Å². The summed E-state index contributed by atoms with van der Waals surface area (Å²) in [6, 6.07) is 4.86. The van der Waals surface area contributed by atoms with Crippen LogP contribution in [0.4, 0.5) is 5.00 Å². The predicted octanol–water partition coefficient (Wildman–Crippen LogP) is 2.13. The smallest absolute Gasteiger partial charge is 0.190 e. The van der Waals surface area contributed by atoms with Gasteiger partial charge >= 0.3 is 0 Å². The molecule has 1 aromatic heterocycles. The summed E-state index contributed by atoms with van der Waals surface area (Å²) >= 11 is 1.82. The second kappa shape index (κ2) is 7.83. The lowest BCUT2D eigenvalue weighted by atomic mass is 10.1. The first-order valence-corrected chi connectivity index (χ1v) is 6.91. The highest BCUT2D eigenvalue weighted by Crippen LogP contribution is 2.24. The zero-order chi connectivity index (χ0) is 12.1. The lowest BCUT2D eigenvalue weighted by molar-refractivity contribution is 0.464. The van der Waals surface area contributed by atoms with Crippen LogP contribution in [0.3, 0.4) is 0 Å². The van der Waals surface area contributed by atoms with Crippen LogP contribution in [0.1, 0.15) is 12.8 Å². The Morgan fingerprint density at radius 3 is 2.67 bits per heavy atom. The molecule has 1 aliphatic rings. The summed E-state index contributed by atoms with van der Waals surface area (Å²) in [7, 11) is 3.70. The third-order valence-electron chi connectivity index (χ3n) is 3.11. The minimum absolute atomic E-state index is 0. The van der Waals surface area contributed by atoms with Gasteiger partial charge in [-0.3, -0.25) is 4.99 Å². The van der Waals surface area contributed by atoms with Crippen LogP contribution in [-0.2, 0) is 0 Å². The van der Waals surface area contributed by atoms with E-state index in [1.54, 1.807) is 7.05 Å². The molecule has 0 amide bonds. The number of aliphatic imine (C=N–C) groups is 1. The zero-order valence-corrected chi connectivity index (χ0v) is 14.0. The van der Waals surface area contributed by atoms with E-state index in [1.807, 2.05) is 18.4 Å². The van der Waals surface area contributed by atoms with Gasteiger partial charge < -0.3 is 15.5 Å². The molecule has 18 heavy (non-hydrogen) atoms. The molecule has 0 bridgehead atoms.